The molecule has 0 spiro atoms. The van der Waals surface area contributed by atoms with E-state index in [9.17, 15) is 22.8 Å². The second-order valence-electron chi connectivity index (χ2n) is 5.97. The van der Waals surface area contributed by atoms with Crippen LogP contribution in [0.5, 0.6) is 5.75 Å². The van der Waals surface area contributed by atoms with Crippen molar-refractivity contribution in [2.24, 2.45) is 0 Å². The van der Waals surface area contributed by atoms with Crippen LogP contribution in [0.3, 0.4) is 0 Å². The number of hydrogen-bond acceptors (Lipinski definition) is 7. The van der Waals surface area contributed by atoms with Gasteiger partial charge in [0.25, 0.3) is 15.9 Å². The first kappa shape index (κ1) is 19.6. The van der Waals surface area contributed by atoms with Crippen LogP contribution in [0.15, 0.2) is 53.4 Å². The molecule has 8 nitrogen and oxygen atoms in total. The van der Waals surface area contributed by atoms with Crippen LogP contribution in [0.1, 0.15) is 27.6 Å². The number of sulfonamides is 1. The largest absolute Gasteiger partial charge is 0.482 e. The Morgan fingerprint density at radius 2 is 1.71 bits per heavy atom. The number of fused-ring (bicyclic) bond motifs is 1. The van der Waals surface area contributed by atoms with Gasteiger partial charge in [-0.15, -0.1) is 0 Å². The summed E-state index contributed by atoms with van der Waals surface area (Å²) in [5.74, 6) is -1.06. The lowest BCUT2D eigenvalue weighted by Gasteiger charge is -2.15. The number of rotatable bonds is 7. The Kier molecular flexibility index (Phi) is 5.46. The number of carbonyl (C=O) groups excluding carboxylic acids is 3. The van der Waals surface area contributed by atoms with Gasteiger partial charge < -0.3 is 9.47 Å². The van der Waals surface area contributed by atoms with Crippen molar-refractivity contribution in [2.75, 3.05) is 19.8 Å². The van der Waals surface area contributed by atoms with Gasteiger partial charge in [-0.25, -0.2) is 17.5 Å². The Morgan fingerprint density at radius 3 is 2.36 bits per heavy atom. The predicted molar refractivity (Wildman–Crippen MR) is 97.6 cm³/mol. The molecular weight excluding hydrogens is 386 g/mol. The number of esters is 1. The van der Waals surface area contributed by atoms with Gasteiger partial charge in [0.05, 0.1) is 12.1 Å². The van der Waals surface area contributed by atoms with Crippen LogP contribution in [0.4, 0.5) is 0 Å². The molecule has 2 aromatic rings. The monoisotopic (exact) mass is 403 g/mol. The van der Waals surface area contributed by atoms with Crippen molar-refractivity contribution in [1.29, 1.82) is 0 Å². The van der Waals surface area contributed by atoms with Crippen LogP contribution >= 0.6 is 0 Å². The van der Waals surface area contributed by atoms with Crippen molar-refractivity contribution in [3.8, 4) is 5.75 Å². The van der Waals surface area contributed by atoms with Crippen LogP contribution < -0.4 is 4.74 Å². The molecule has 146 valence electrons. The molecule has 0 bridgehead atoms. The van der Waals surface area contributed by atoms with Crippen LogP contribution in [0, 0.1) is 0 Å². The van der Waals surface area contributed by atoms with E-state index < -0.39 is 21.9 Å². The van der Waals surface area contributed by atoms with E-state index in [4.69, 9.17) is 9.47 Å². The molecule has 28 heavy (non-hydrogen) atoms. The number of nitrogens with zero attached hydrogens (tertiary/aromatic N) is 1. The molecule has 3 rings (SSSR count). The molecule has 0 N–H and O–H groups in total. The molecule has 0 aromatic heterocycles. The maximum atomic E-state index is 12.4. The highest BCUT2D eigenvalue weighted by atomic mass is 32.2. The minimum absolute atomic E-state index is 0.0522. The summed E-state index contributed by atoms with van der Waals surface area (Å²) in [6.07, 6.45) is 0. The number of hydrogen-bond donors (Lipinski definition) is 0. The topological polar surface area (TPSA) is 107 Å². The summed E-state index contributed by atoms with van der Waals surface area (Å²) in [6.45, 7) is 0.483. The van der Waals surface area contributed by atoms with Gasteiger partial charge in [0, 0.05) is 5.56 Å². The van der Waals surface area contributed by atoms with Gasteiger partial charge in [0.2, 0.25) is 0 Å². The number of ether oxygens (including phenoxy) is 2. The summed E-state index contributed by atoms with van der Waals surface area (Å²) < 4.78 is 35.6. The highest BCUT2D eigenvalue weighted by Gasteiger charge is 2.40. The first-order chi connectivity index (χ1) is 13.3. The van der Waals surface area contributed by atoms with Crippen molar-refractivity contribution in [1.82, 2.24) is 4.31 Å². The smallest absolute Gasteiger partial charge is 0.344 e. The number of benzene rings is 2. The van der Waals surface area contributed by atoms with Crippen LogP contribution in [-0.2, 0) is 19.6 Å². The van der Waals surface area contributed by atoms with E-state index in [2.05, 4.69) is 0 Å². The molecule has 1 aliphatic heterocycles. The molecule has 0 radical (unpaired) electrons. The molecule has 0 saturated heterocycles. The molecule has 1 heterocycles. The summed E-state index contributed by atoms with van der Waals surface area (Å²) in [5.41, 5.74) is 0.624. The quantitative estimate of drug-likeness (QED) is 0.511. The Bertz CT molecular complexity index is 1030. The van der Waals surface area contributed by atoms with Gasteiger partial charge in [-0.3, -0.25) is 9.59 Å². The molecular formula is C19H17NO7S. The molecule has 0 fully saturated rings. The van der Waals surface area contributed by atoms with Gasteiger partial charge >= 0.3 is 5.97 Å². The van der Waals surface area contributed by atoms with E-state index in [1.165, 1.54) is 25.1 Å². The average molecular weight is 403 g/mol. The van der Waals surface area contributed by atoms with Gasteiger partial charge in [0.1, 0.15) is 17.3 Å². The van der Waals surface area contributed by atoms with E-state index in [1.54, 1.807) is 30.3 Å². The fourth-order valence-corrected chi connectivity index (χ4v) is 4.22. The Morgan fingerprint density at radius 1 is 1.04 bits per heavy atom. The number of Topliss-reactive ketones (excluding diaryl/α,β-unsaturated/α-hetero) is 1. The molecule has 1 aliphatic rings. The summed E-state index contributed by atoms with van der Waals surface area (Å²) in [5, 5.41) is 0. The zero-order valence-corrected chi connectivity index (χ0v) is 15.8. The zero-order valence-electron chi connectivity index (χ0n) is 15.0. The Labute approximate surface area is 161 Å². The van der Waals surface area contributed by atoms with E-state index in [0.717, 1.165) is 0 Å². The second kappa shape index (κ2) is 7.81. The van der Waals surface area contributed by atoms with Gasteiger partial charge in [-0.05, 0) is 43.3 Å². The van der Waals surface area contributed by atoms with Crippen LogP contribution in [0.2, 0.25) is 0 Å². The highest BCUT2D eigenvalue weighted by Crippen LogP contribution is 2.29. The summed E-state index contributed by atoms with van der Waals surface area (Å²) >= 11 is 0. The average Bonchev–Trinajstić information content (AvgIpc) is 2.87. The first-order valence-electron chi connectivity index (χ1n) is 8.36. The normalized spacial score (nSPS) is 14.5. The standard InChI is InChI=1S/C19H17NO7S/c1-13(21)14-6-8-15(9-7-14)27-12-18(22)26-11-10-20-19(23)16-4-2-3-5-17(16)28(20,24)25/h2-9H,10-12H2,1H3. The van der Waals surface area contributed by atoms with Gasteiger partial charge in [-0.2, -0.15) is 0 Å². The third-order valence-corrected chi connectivity index (χ3v) is 5.93. The summed E-state index contributed by atoms with van der Waals surface area (Å²) in [7, 11) is -3.93. The first-order valence-corrected chi connectivity index (χ1v) is 9.80. The fraction of sp³-hybridized carbons (Fsp3) is 0.211. The lowest BCUT2D eigenvalue weighted by Crippen LogP contribution is -2.34. The number of ketones is 1. The highest BCUT2D eigenvalue weighted by molar-refractivity contribution is 7.90. The number of amides is 1. The van der Waals surface area contributed by atoms with E-state index in [0.29, 0.717) is 15.6 Å². The maximum absolute atomic E-state index is 12.4. The Balaban J connectivity index is 1.49. The Hall–Kier alpha value is -3.20. The maximum Gasteiger partial charge on any atom is 0.344 e. The van der Waals surface area contributed by atoms with E-state index in [-0.39, 0.29) is 36.0 Å². The minimum atomic E-state index is -3.93. The molecule has 2 aromatic carbocycles. The van der Waals surface area contributed by atoms with Crippen molar-refractivity contribution in [3.05, 3.63) is 59.7 Å². The molecule has 1 amide bonds. The second-order valence-corrected chi connectivity index (χ2v) is 7.80. The third kappa shape index (κ3) is 3.89. The van der Waals surface area contributed by atoms with Crippen molar-refractivity contribution in [2.45, 2.75) is 11.8 Å². The van der Waals surface area contributed by atoms with E-state index in [1.807, 2.05) is 0 Å². The van der Waals surface area contributed by atoms with Gasteiger partial charge in [0.15, 0.2) is 12.4 Å². The molecule has 0 saturated carbocycles. The minimum Gasteiger partial charge on any atom is -0.482 e. The van der Waals surface area contributed by atoms with Crippen LogP contribution in [-0.4, -0.2) is 50.1 Å². The van der Waals surface area contributed by atoms with E-state index >= 15 is 0 Å². The fourth-order valence-electron chi connectivity index (χ4n) is 2.66. The summed E-state index contributed by atoms with van der Waals surface area (Å²) in [6, 6.07) is 12.2. The zero-order chi connectivity index (χ0) is 20.3. The van der Waals surface area contributed by atoms with Crippen molar-refractivity contribution >= 4 is 27.7 Å². The molecule has 0 atom stereocenters. The SMILES string of the molecule is CC(=O)c1ccc(OCC(=O)OCCN2C(=O)c3ccccc3S2(=O)=O)cc1. The van der Waals surface area contributed by atoms with Gasteiger partial charge in [-0.1, -0.05) is 12.1 Å². The summed E-state index contributed by atoms with van der Waals surface area (Å²) in [4.78, 5) is 35.2. The lowest BCUT2D eigenvalue weighted by atomic mass is 10.1. The van der Waals surface area contributed by atoms with Crippen molar-refractivity contribution < 1.29 is 32.3 Å². The van der Waals surface area contributed by atoms with Crippen molar-refractivity contribution in [3.63, 3.8) is 0 Å². The number of carbonyl (C=O) groups is 3. The third-order valence-electron chi connectivity index (χ3n) is 4.09. The molecule has 0 unspecified atom stereocenters. The van der Waals surface area contributed by atoms with Crippen LogP contribution in [0.25, 0.3) is 0 Å². The molecule has 9 heteroatoms. The lowest BCUT2D eigenvalue weighted by molar-refractivity contribution is -0.146. The molecule has 0 aliphatic carbocycles. The predicted octanol–water partition coefficient (Wildman–Crippen LogP) is 1.66.